The Labute approximate surface area is 88.8 Å². The maximum atomic E-state index is 10.5. The van der Waals surface area contributed by atoms with Gasteiger partial charge < -0.3 is 19.9 Å². The second kappa shape index (κ2) is 5.48. The minimum Gasteiger partial charge on any atom is -0.545 e. The SMILES string of the molecule is C[NH+](CCO)Cc1ccc(C(=O)[O-])cc1. The average Bonchev–Trinajstić information content (AvgIpc) is 2.18. The van der Waals surface area contributed by atoms with Crippen molar-refractivity contribution in [1.29, 1.82) is 0 Å². The summed E-state index contributed by atoms with van der Waals surface area (Å²) >= 11 is 0. The van der Waals surface area contributed by atoms with Gasteiger partial charge in [-0.1, -0.05) is 24.3 Å². The number of likely N-dealkylation sites (N-methyl/N-ethyl adjacent to an activating group) is 1. The van der Waals surface area contributed by atoms with Gasteiger partial charge >= 0.3 is 0 Å². The number of hydrogen-bond acceptors (Lipinski definition) is 3. The zero-order valence-corrected chi connectivity index (χ0v) is 8.69. The molecule has 0 spiro atoms. The highest BCUT2D eigenvalue weighted by atomic mass is 16.4. The first kappa shape index (κ1) is 11.7. The van der Waals surface area contributed by atoms with Crippen molar-refractivity contribution in [2.75, 3.05) is 20.2 Å². The van der Waals surface area contributed by atoms with E-state index in [1.807, 2.05) is 7.05 Å². The Morgan fingerprint density at radius 1 is 1.40 bits per heavy atom. The van der Waals surface area contributed by atoms with Crippen molar-refractivity contribution in [3.05, 3.63) is 35.4 Å². The molecule has 2 N–H and O–H groups in total. The third kappa shape index (κ3) is 3.69. The lowest BCUT2D eigenvalue weighted by atomic mass is 10.1. The maximum absolute atomic E-state index is 10.5. The highest BCUT2D eigenvalue weighted by molar-refractivity contribution is 5.85. The number of carboxylic acids is 1. The molecule has 4 nitrogen and oxygen atoms in total. The molecule has 0 saturated carbocycles. The predicted octanol–water partition coefficient (Wildman–Crippen LogP) is -1.94. The third-order valence-electron chi connectivity index (χ3n) is 2.23. The van der Waals surface area contributed by atoms with Crippen LogP contribution in [0.3, 0.4) is 0 Å². The summed E-state index contributed by atoms with van der Waals surface area (Å²) in [5.41, 5.74) is 1.24. The Kier molecular flexibility index (Phi) is 4.27. The number of rotatable bonds is 5. The van der Waals surface area contributed by atoms with Crippen molar-refractivity contribution >= 4 is 5.97 Å². The van der Waals surface area contributed by atoms with E-state index in [1.54, 1.807) is 12.1 Å². The normalized spacial score (nSPS) is 12.4. The highest BCUT2D eigenvalue weighted by Gasteiger charge is 2.02. The van der Waals surface area contributed by atoms with E-state index >= 15 is 0 Å². The largest absolute Gasteiger partial charge is 0.545 e. The highest BCUT2D eigenvalue weighted by Crippen LogP contribution is 2.01. The van der Waals surface area contributed by atoms with Gasteiger partial charge in [0.2, 0.25) is 0 Å². The third-order valence-corrected chi connectivity index (χ3v) is 2.23. The van der Waals surface area contributed by atoms with E-state index in [1.165, 1.54) is 17.0 Å². The van der Waals surface area contributed by atoms with E-state index in [4.69, 9.17) is 5.11 Å². The van der Waals surface area contributed by atoms with Crippen LogP contribution < -0.4 is 10.0 Å². The molecular weight excluding hydrogens is 194 g/mol. The van der Waals surface area contributed by atoms with Crippen LogP contribution in [-0.4, -0.2) is 31.3 Å². The van der Waals surface area contributed by atoms with Crippen LogP contribution in [0, 0.1) is 0 Å². The van der Waals surface area contributed by atoms with Gasteiger partial charge in [-0.15, -0.1) is 0 Å². The number of hydrogen-bond donors (Lipinski definition) is 2. The van der Waals surface area contributed by atoms with E-state index in [9.17, 15) is 9.90 Å². The number of aromatic carboxylic acids is 1. The molecule has 0 heterocycles. The standard InChI is InChI=1S/C11H15NO3/c1-12(6-7-13)8-9-2-4-10(5-3-9)11(14)15/h2-5,13H,6-8H2,1H3,(H,14,15). The smallest absolute Gasteiger partial charge is 0.103 e. The van der Waals surface area contributed by atoms with E-state index in [-0.39, 0.29) is 12.2 Å². The lowest BCUT2D eigenvalue weighted by Crippen LogP contribution is -3.08. The second-order valence-electron chi connectivity index (χ2n) is 3.59. The Balaban J connectivity index is 2.60. The fourth-order valence-electron chi connectivity index (χ4n) is 1.39. The fraction of sp³-hybridized carbons (Fsp3) is 0.364. The lowest BCUT2D eigenvalue weighted by molar-refractivity contribution is -0.894. The number of carbonyl (C=O) groups is 1. The molecule has 1 rings (SSSR count). The quantitative estimate of drug-likeness (QED) is 0.593. The molecule has 1 atom stereocenters. The number of carbonyl (C=O) groups excluding carboxylic acids is 1. The first-order valence-corrected chi connectivity index (χ1v) is 4.86. The predicted molar refractivity (Wildman–Crippen MR) is 53.3 cm³/mol. The summed E-state index contributed by atoms with van der Waals surface area (Å²) in [7, 11) is 1.98. The van der Waals surface area contributed by atoms with Crippen LogP contribution >= 0.6 is 0 Å². The lowest BCUT2D eigenvalue weighted by Gasteiger charge is -2.12. The number of carboxylic acid groups (broad SMARTS) is 1. The van der Waals surface area contributed by atoms with Gasteiger partial charge in [-0.25, -0.2) is 0 Å². The molecule has 15 heavy (non-hydrogen) atoms. The number of aliphatic hydroxyl groups is 1. The van der Waals surface area contributed by atoms with Crippen LogP contribution in [0.5, 0.6) is 0 Å². The van der Waals surface area contributed by atoms with E-state index in [0.717, 1.165) is 12.1 Å². The minimum absolute atomic E-state index is 0.156. The number of quaternary nitrogens is 1. The summed E-state index contributed by atoms with van der Waals surface area (Å²) in [4.78, 5) is 11.7. The summed E-state index contributed by atoms with van der Waals surface area (Å²) in [6, 6.07) is 6.62. The molecule has 0 bridgehead atoms. The van der Waals surface area contributed by atoms with Crippen molar-refractivity contribution < 1.29 is 19.9 Å². The molecule has 0 aromatic heterocycles. The first-order valence-electron chi connectivity index (χ1n) is 4.86. The van der Waals surface area contributed by atoms with Crippen LogP contribution in [0.25, 0.3) is 0 Å². The number of nitrogens with one attached hydrogen (secondary N) is 1. The summed E-state index contributed by atoms with van der Waals surface area (Å²) in [6.45, 7) is 1.61. The van der Waals surface area contributed by atoms with Crippen LogP contribution in [0.15, 0.2) is 24.3 Å². The second-order valence-corrected chi connectivity index (χ2v) is 3.59. The monoisotopic (exact) mass is 209 g/mol. The van der Waals surface area contributed by atoms with Gasteiger partial charge in [-0.3, -0.25) is 0 Å². The molecule has 0 fully saturated rings. The van der Waals surface area contributed by atoms with Crippen molar-refractivity contribution in [1.82, 2.24) is 0 Å². The van der Waals surface area contributed by atoms with Gasteiger partial charge in [0, 0.05) is 5.56 Å². The number of aliphatic hydroxyl groups excluding tert-OH is 1. The van der Waals surface area contributed by atoms with Crippen molar-refractivity contribution in [2.45, 2.75) is 6.54 Å². The molecule has 82 valence electrons. The molecule has 0 aliphatic heterocycles. The van der Waals surface area contributed by atoms with Gasteiger partial charge in [-0.05, 0) is 5.56 Å². The molecule has 0 saturated heterocycles. The zero-order valence-electron chi connectivity index (χ0n) is 8.69. The first-order chi connectivity index (χ1) is 7.13. The van der Waals surface area contributed by atoms with Gasteiger partial charge in [-0.2, -0.15) is 0 Å². The molecule has 0 radical (unpaired) electrons. The Morgan fingerprint density at radius 2 is 2.00 bits per heavy atom. The summed E-state index contributed by atoms with van der Waals surface area (Å²) < 4.78 is 0. The maximum Gasteiger partial charge on any atom is 0.103 e. The summed E-state index contributed by atoms with van der Waals surface area (Å²) in [5, 5.41) is 19.2. The van der Waals surface area contributed by atoms with Crippen molar-refractivity contribution in [3.63, 3.8) is 0 Å². The molecule has 0 aliphatic carbocycles. The fourth-order valence-corrected chi connectivity index (χ4v) is 1.39. The van der Waals surface area contributed by atoms with Gasteiger partial charge in [0.05, 0.1) is 19.6 Å². The summed E-state index contributed by atoms with van der Waals surface area (Å²) in [6.07, 6.45) is 0. The molecule has 0 aliphatic rings. The van der Waals surface area contributed by atoms with Gasteiger partial charge in [0.1, 0.15) is 13.1 Å². The van der Waals surface area contributed by atoms with Crippen LogP contribution in [0.4, 0.5) is 0 Å². The van der Waals surface area contributed by atoms with E-state index in [0.29, 0.717) is 6.54 Å². The molecule has 0 amide bonds. The average molecular weight is 209 g/mol. The zero-order chi connectivity index (χ0) is 11.3. The van der Waals surface area contributed by atoms with Crippen molar-refractivity contribution in [2.24, 2.45) is 0 Å². The molecular formula is C11H15NO3. The van der Waals surface area contributed by atoms with Crippen LogP contribution in [-0.2, 0) is 6.54 Å². The number of benzene rings is 1. The molecule has 1 aromatic rings. The Bertz CT molecular complexity index is 321. The summed E-state index contributed by atoms with van der Waals surface area (Å²) in [5.74, 6) is -1.15. The van der Waals surface area contributed by atoms with Crippen LogP contribution in [0.1, 0.15) is 15.9 Å². The Hall–Kier alpha value is -1.39. The minimum atomic E-state index is -1.15. The van der Waals surface area contributed by atoms with Gasteiger partial charge in [0.15, 0.2) is 0 Å². The van der Waals surface area contributed by atoms with E-state index in [2.05, 4.69) is 0 Å². The topological polar surface area (TPSA) is 64.8 Å². The molecule has 1 unspecified atom stereocenters. The molecule has 4 heteroatoms. The molecule has 1 aromatic carbocycles. The van der Waals surface area contributed by atoms with Gasteiger partial charge in [0.25, 0.3) is 0 Å². The Morgan fingerprint density at radius 3 is 2.47 bits per heavy atom. The van der Waals surface area contributed by atoms with Crippen molar-refractivity contribution in [3.8, 4) is 0 Å². The van der Waals surface area contributed by atoms with E-state index < -0.39 is 5.97 Å². The van der Waals surface area contributed by atoms with Crippen LogP contribution in [0.2, 0.25) is 0 Å².